The van der Waals surface area contributed by atoms with Gasteiger partial charge in [0.1, 0.15) is 10.8 Å². The third kappa shape index (κ3) is 3.22. The van der Waals surface area contributed by atoms with Gasteiger partial charge in [-0.05, 0) is 23.8 Å². The number of hydrogen-bond donors (Lipinski definition) is 0. The fourth-order valence-electron chi connectivity index (χ4n) is 1.88. The molecule has 0 bridgehead atoms. The molecule has 0 spiro atoms. The molecule has 0 unspecified atom stereocenters. The fraction of sp³-hybridized carbons (Fsp3) is 0.133. The van der Waals surface area contributed by atoms with E-state index >= 15 is 0 Å². The first-order valence-electron chi connectivity index (χ1n) is 6.43. The van der Waals surface area contributed by atoms with Gasteiger partial charge in [0.15, 0.2) is 5.82 Å². The summed E-state index contributed by atoms with van der Waals surface area (Å²) in [5.41, 5.74) is 1.18. The summed E-state index contributed by atoms with van der Waals surface area (Å²) < 4.78 is 6.96. The Morgan fingerprint density at radius 2 is 2.05 bits per heavy atom. The van der Waals surface area contributed by atoms with Crippen molar-refractivity contribution >= 4 is 11.8 Å². The van der Waals surface area contributed by atoms with Gasteiger partial charge in [-0.1, -0.05) is 23.9 Å². The van der Waals surface area contributed by atoms with Crippen molar-refractivity contribution in [3.8, 4) is 11.6 Å². The van der Waals surface area contributed by atoms with Gasteiger partial charge in [-0.3, -0.25) is 0 Å². The van der Waals surface area contributed by atoms with Gasteiger partial charge in [-0.2, -0.15) is 5.10 Å². The second-order valence-electron chi connectivity index (χ2n) is 4.28. The minimum absolute atomic E-state index is 0.746. The number of benzene rings is 1. The Bertz CT molecular complexity index is 715. The number of rotatable bonds is 5. The second kappa shape index (κ2) is 6.41. The highest BCUT2D eigenvalue weighted by Crippen LogP contribution is 2.26. The molecule has 0 aliphatic rings. The smallest absolute Gasteiger partial charge is 0.186 e. The lowest BCUT2D eigenvalue weighted by Crippen LogP contribution is -2.01. The number of nitrogens with zero attached hydrogens (tertiary/aromatic N) is 4. The van der Waals surface area contributed by atoms with Crippen LogP contribution < -0.4 is 4.74 Å². The molecule has 3 aromatic rings. The molecule has 0 aliphatic heterocycles. The minimum atomic E-state index is 0.746. The zero-order chi connectivity index (χ0) is 14.5. The lowest BCUT2D eigenvalue weighted by molar-refractivity contribution is 0.414. The van der Waals surface area contributed by atoms with E-state index in [-0.39, 0.29) is 0 Å². The fourth-order valence-corrected chi connectivity index (χ4v) is 2.78. The summed E-state index contributed by atoms with van der Waals surface area (Å²) >= 11 is 1.63. The topological polar surface area (TPSA) is 52.8 Å². The number of methoxy groups -OCH3 is 1. The van der Waals surface area contributed by atoms with Crippen molar-refractivity contribution in [1.29, 1.82) is 0 Å². The van der Waals surface area contributed by atoms with Gasteiger partial charge >= 0.3 is 0 Å². The van der Waals surface area contributed by atoms with Crippen LogP contribution in [0.1, 0.15) is 5.56 Å². The lowest BCUT2D eigenvalue weighted by atomic mass is 10.2. The molecule has 0 aliphatic carbocycles. The molecule has 21 heavy (non-hydrogen) atoms. The monoisotopic (exact) mass is 298 g/mol. The molecule has 0 saturated heterocycles. The van der Waals surface area contributed by atoms with Crippen LogP contribution in [0.15, 0.2) is 60.1 Å². The molecular formula is C15H14N4OS. The standard InChI is InChI=1S/C15H14N4OS/c1-20-13-5-2-4-12(10-13)11-21-15-14(16-7-8-17-15)19-9-3-6-18-19/h2-10H,11H2,1H3. The molecule has 6 heteroatoms. The van der Waals surface area contributed by atoms with Crippen LogP contribution >= 0.6 is 11.8 Å². The zero-order valence-corrected chi connectivity index (χ0v) is 12.3. The van der Waals surface area contributed by atoms with Crippen LogP contribution in [-0.2, 0) is 5.75 Å². The maximum atomic E-state index is 5.24. The highest BCUT2D eigenvalue weighted by atomic mass is 32.2. The average Bonchev–Trinajstić information content (AvgIpc) is 3.08. The molecule has 2 aromatic heterocycles. The molecule has 0 radical (unpaired) electrons. The number of ether oxygens (including phenoxy) is 1. The predicted molar refractivity (Wildman–Crippen MR) is 81.7 cm³/mol. The summed E-state index contributed by atoms with van der Waals surface area (Å²) in [6.07, 6.45) is 6.96. The first kappa shape index (κ1) is 13.6. The van der Waals surface area contributed by atoms with Crippen LogP contribution in [0, 0.1) is 0 Å². The first-order valence-corrected chi connectivity index (χ1v) is 7.42. The normalized spacial score (nSPS) is 10.5. The van der Waals surface area contributed by atoms with Gasteiger partial charge in [-0.15, -0.1) is 0 Å². The molecule has 3 rings (SSSR count). The van der Waals surface area contributed by atoms with E-state index < -0.39 is 0 Å². The lowest BCUT2D eigenvalue weighted by Gasteiger charge is -2.07. The number of aromatic nitrogens is 4. The predicted octanol–water partition coefficient (Wildman–Crippen LogP) is 2.96. The molecule has 5 nitrogen and oxygen atoms in total. The van der Waals surface area contributed by atoms with Crippen LogP contribution in [0.2, 0.25) is 0 Å². The van der Waals surface area contributed by atoms with E-state index in [0.717, 1.165) is 22.3 Å². The maximum Gasteiger partial charge on any atom is 0.186 e. The first-order chi connectivity index (χ1) is 10.4. The van der Waals surface area contributed by atoms with Gasteiger partial charge < -0.3 is 4.74 Å². The third-order valence-corrected chi connectivity index (χ3v) is 3.92. The van der Waals surface area contributed by atoms with E-state index in [9.17, 15) is 0 Å². The Kier molecular flexibility index (Phi) is 4.16. The summed E-state index contributed by atoms with van der Waals surface area (Å²) in [6.45, 7) is 0. The van der Waals surface area contributed by atoms with Gasteiger partial charge in [0.05, 0.1) is 7.11 Å². The molecule has 0 atom stereocenters. The van der Waals surface area contributed by atoms with E-state index in [1.54, 1.807) is 42.1 Å². The van der Waals surface area contributed by atoms with Crippen molar-refractivity contribution in [1.82, 2.24) is 19.7 Å². The highest BCUT2D eigenvalue weighted by Gasteiger charge is 2.08. The van der Waals surface area contributed by atoms with E-state index in [0.29, 0.717) is 0 Å². The number of thioether (sulfide) groups is 1. The summed E-state index contributed by atoms with van der Waals surface area (Å²) in [7, 11) is 1.67. The molecule has 106 valence electrons. The summed E-state index contributed by atoms with van der Waals surface area (Å²) in [6, 6.07) is 9.88. The molecule has 0 fully saturated rings. The van der Waals surface area contributed by atoms with Crippen LogP contribution in [0.5, 0.6) is 5.75 Å². The maximum absolute atomic E-state index is 5.24. The third-order valence-electron chi connectivity index (χ3n) is 2.88. The Hall–Kier alpha value is -2.34. The molecular weight excluding hydrogens is 284 g/mol. The molecule has 1 aromatic carbocycles. The second-order valence-corrected chi connectivity index (χ2v) is 5.24. The van der Waals surface area contributed by atoms with Crippen molar-refractivity contribution in [2.45, 2.75) is 10.8 Å². The van der Waals surface area contributed by atoms with Gasteiger partial charge in [0, 0.05) is 30.5 Å². The summed E-state index contributed by atoms with van der Waals surface area (Å²) in [5.74, 6) is 2.40. The van der Waals surface area contributed by atoms with Gasteiger partial charge in [0.2, 0.25) is 0 Å². The Morgan fingerprint density at radius 3 is 2.86 bits per heavy atom. The highest BCUT2D eigenvalue weighted by molar-refractivity contribution is 7.98. The molecule has 0 saturated carbocycles. The van der Waals surface area contributed by atoms with Crippen molar-refractivity contribution < 1.29 is 4.74 Å². The van der Waals surface area contributed by atoms with Gasteiger partial charge in [0.25, 0.3) is 0 Å². The van der Waals surface area contributed by atoms with Crippen molar-refractivity contribution in [3.05, 3.63) is 60.7 Å². The van der Waals surface area contributed by atoms with Crippen LogP contribution in [-0.4, -0.2) is 26.9 Å². The SMILES string of the molecule is COc1cccc(CSc2nccnc2-n2cccn2)c1. The molecule has 2 heterocycles. The van der Waals surface area contributed by atoms with E-state index in [1.807, 2.05) is 30.5 Å². The summed E-state index contributed by atoms with van der Waals surface area (Å²) in [4.78, 5) is 8.76. The zero-order valence-electron chi connectivity index (χ0n) is 11.5. The quantitative estimate of drug-likeness (QED) is 0.678. The summed E-state index contributed by atoms with van der Waals surface area (Å²) in [5, 5.41) is 5.06. The van der Waals surface area contributed by atoms with Gasteiger partial charge in [-0.25, -0.2) is 14.6 Å². The van der Waals surface area contributed by atoms with Crippen LogP contribution in [0.3, 0.4) is 0 Å². The Labute approximate surface area is 127 Å². The van der Waals surface area contributed by atoms with E-state index in [2.05, 4.69) is 21.1 Å². The largest absolute Gasteiger partial charge is 0.497 e. The average molecular weight is 298 g/mol. The van der Waals surface area contributed by atoms with Crippen molar-refractivity contribution in [3.63, 3.8) is 0 Å². The van der Waals surface area contributed by atoms with Crippen LogP contribution in [0.4, 0.5) is 0 Å². The van der Waals surface area contributed by atoms with E-state index in [1.165, 1.54) is 5.56 Å². The Morgan fingerprint density at radius 1 is 1.14 bits per heavy atom. The molecule has 0 amide bonds. The van der Waals surface area contributed by atoms with E-state index in [4.69, 9.17) is 4.74 Å². The van der Waals surface area contributed by atoms with Crippen molar-refractivity contribution in [2.75, 3.05) is 7.11 Å². The number of hydrogen-bond acceptors (Lipinski definition) is 5. The Balaban J connectivity index is 1.79. The van der Waals surface area contributed by atoms with Crippen molar-refractivity contribution in [2.24, 2.45) is 0 Å². The minimum Gasteiger partial charge on any atom is -0.497 e. The van der Waals surface area contributed by atoms with Crippen LogP contribution in [0.25, 0.3) is 5.82 Å². The molecule has 0 N–H and O–H groups in total.